The van der Waals surface area contributed by atoms with Gasteiger partial charge in [-0.3, -0.25) is 14.4 Å². The molecule has 0 bridgehead atoms. The third-order valence-electron chi connectivity index (χ3n) is 2.76. The van der Waals surface area contributed by atoms with Gasteiger partial charge in [-0.1, -0.05) is 13.3 Å². The molecule has 0 aliphatic rings. The SMILES string of the molecule is CCCCNC(=O)COc1cccn(CCC(=O)O)c1=O. The number of aliphatic carboxylic acids is 1. The zero-order chi connectivity index (χ0) is 15.7. The minimum absolute atomic E-state index is 0.0357. The van der Waals surface area contributed by atoms with E-state index in [-0.39, 0.29) is 31.2 Å². The van der Waals surface area contributed by atoms with Crippen LogP contribution in [-0.2, 0) is 16.1 Å². The molecule has 0 aromatic carbocycles. The molecule has 0 aliphatic heterocycles. The molecule has 0 aliphatic carbocycles. The van der Waals surface area contributed by atoms with Gasteiger partial charge in [0.15, 0.2) is 12.4 Å². The van der Waals surface area contributed by atoms with Gasteiger partial charge in [-0.05, 0) is 18.6 Å². The largest absolute Gasteiger partial charge is 0.481 e. The van der Waals surface area contributed by atoms with E-state index in [1.165, 1.54) is 16.8 Å². The number of hydrogen-bond donors (Lipinski definition) is 2. The van der Waals surface area contributed by atoms with E-state index in [1.807, 2.05) is 6.92 Å². The van der Waals surface area contributed by atoms with Crippen LogP contribution < -0.4 is 15.6 Å². The topological polar surface area (TPSA) is 97.6 Å². The number of ether oxygens (including phenoxy) is 1. The van der Waals surface area contributed by atoms with Crippen LogP contribution >= 0.6 is 0 Å². The second-order valence-corrected chi connectivity index (χ2v) is 4.51. The molecule has 116 valence electrons. The minimum atomic E-state index is -0.983. The molecule has 0 atom stereocenters. The van der Waals surface area contributed by atoms with Crippen molar-refractivity contribution in [3.05, 3.63) is 28.7 Å². The third kappa shape index (κ3) is 6.11. The molecule has 0 fully saturated rings. The van der Waals surface area contributed by atoms with Crippen LogP contribution in [0.25, 0.3) is 0 Å². The highest BCUT2D eigenvalue weighted by atomic mass is 16.5. The summed E-state index contributed by atoms with van der Waals surface area (Å²) in [5.41, 5.74) is -0.444. The van der Waals surface area contributed by atoms with Gasteiger partial charge in [-0.25, -0.2) is 0 Å². The molecule has 1 rings (SSSR count). The number of nitrogens with one attached hydrogen (secondary N) is 1. The Kier molecular flexibility index (Phi) is 7.00. The van der Waals surface area contributed by atoms with E-state index in [0.29, 0.717) is 6.54 Å². The van der Waals surface area contributed by atoms with E-state index in [1.54, 1.807) is 6.07 Å². The maximum atomic E-state index is 12.0. The molecule has 0 radical (unpaired) electrons. The maximum absolute atomic E-state index is 12.0. The number of aromatic nitrogens is 1. The Balaban J connectivity index is 2.55. The van der Waals surface area contributed by atoms with E-state index in [0.717, 1.165) is 12.8 Å². The van der Waals surface area contributed by atoms with Crippen LogP contribution in [0.2, 0.25) is 0 Å². The minimum Gasteiger partial charge on any atom is -0.481 e. The first kappa shape index (κ1) is 16.7. The molecule has 7 heteroatoms. The molecule has 21 heavy (non-hydrogen) atoms. The molecule has 1 amide bonds. The maximum Gasteiger partial charge on any atom is 0.305 e. The lowest BCUT2D eigenvalue weighted by Crippen LogP contribution is -2.31. The number of rotatable bonds is 9. The average molecular weight is 296 g/mol. The summed E-state index contributed by atoms with van der Waals surface area (Å²) >= 11 is 0. The van der Waals surface area contributed by atoms with Crippen LogP contribution in [0.1, 0.15) is 26.2 Å². The normalized spacial score (nSPS) is 10.1. The highest BCUT2D eigenvalue weighted by molar-refractivity contribution is 5.77. The number of carbonyl (C=O) groups is 2. The van der Waals surface area contributed by atoms with E-state index >= 15 is 0 Å². The Labute approximate surface area is 122 Å². The van der Waals surface area contributed by atoms with Gasteiger partial charge in [0, 0.05) is 19.3 Å². The summed E-state index contributed by atoms with van der Waals surface area (Å²) < 4.78 is 6.43. The van der Waals surface area contributed by atoms with E-state index < -0.39 is 11.5 Å². The Bertz CT molecular complexity index is 538. The fraction of sp³-hybridized carbons (Fsp3) is 0.500. The number of aryl methyl sites for hydroxylation is 1. The van der Waals surface area contributed by atoms with Gasteiger partial charge in [-0.15, -0.1) is 0 Å². The second-order valence-electron chi connectivity index (χ2n) is 4.51. The van der Waals surface area contributed by atoms with Gasteiger partial charge in [0.2, 0.25) is 0 Å². The summed E-state index contributed by atoms with van der Waals surface area (Å²) in [6, 6.07) is 3.03. The monoisotopic (exact) mass is 296 g/mol. The Morgan fingerprint density at radius 1 is 1.43 bits per heavy atom. The van der Waals surface area contributed by atoms with Crippen molar-refractivity contribution in [3.63, 3.8) is 0 Å². The number of amides is 1. The van der Waals surface area contributed by atoms with Crippen LogP contribution in [0.4, 0.5) is 0 Å². The molecular formula is C14H20N2O5. The number of carbonyl (C=O) groups excluding carboxylic acids is 1. The molecular weight excluding hydrogens is 276 g/mol. The molecule has 1 heterocycles. The molecule has 1 aromatic rings. The van der Waals surface area contributed by atoms with E-state index in [9.17, 15) is 14.4 Å². The first-order valence-corrected chi connectivity index (χ1v) is 6.85. The Morgan fingerprint density at radius 2 is 2.19 bits per heavy atom. The summed E-state index contributed by atoms with van der Waals surface area (Å²) in [5.74, 6) is -1.24. The van der Waals surface area contributed by atoms with E-state index in [2.05, 4.69) is 5.32 Å². The fourth-order valence-electron chi connectivity index (χ4n) is 1.62. The van der Waals surface area contributed by atoms with Crippen LogP contribution in [-0.4, -0.2) is 34.7 Å². The zero-order valence-electron chi connectivity index (χ0n) is 12.0. The lowest BCUT2D eigenvalue weighted by Gasteiger charge is -2.09. The van der Waals surface area contributed by atoms with Crippen molar-refractivity contribution in [2.24, 2.45) is 0 Å². The van der Waals surface area contributed by atoms with Gasteiger partial charge in [0.05, 0.1) is 6.42 Å². The van der Waals surface area contributed by atoms with Gasteiger partial charge >= 0.3 is 5.97 Å². The number of nitrogens with zero attached hydrogens (tertiary/aromatic N) is 1. The number of unbranched alkanes of at least 4 members (excludes halogenated alkanes) is 1. The highest BCUT2D eigenvalue weighted by Gasteiger charge is 2.08. The van der Waals surface area contributed by atoms with Crippen LogP contribution in [0.15, 0.2) is 23.1 Å². The third-order valence-corrected chi connectivity index (χ3v) is 2.76. The lowest BCUT2D eigenvalue weighted by molar-refractivity contribution is -0.137. The number of pyridine rings is 1. The van der Waals surface area contributed by atoms with Gasteiger partial charge < -0.3 is 19.7 Å². The Morgan fingerprint density at radius 3 is 2.86 bits per heavy atom. The standard InChI is InChI=1S/C14H20N2O5/c1-2-3-7-15-12(17)10-21-11-5-4-8-16(14(11)20)9-6-13(18)19/h4-5,8H,2-3,6-7,9-10H2,1H3,(H,15,17)(H,18,19). The molecule has 0 unspecified atom stereocenters. The van der Waals surface area contributed by atoms with Crippen molar-refractivity contribution in [2.75, 3.05) is 13.2 Å². The summed E-state index contributed by atoms with van der Waals surface area (Å²) in [4.78, 5) is 34.0. The van der Waals surface area contributed by atoms with Crippen LogP contribution in [0, 0.1) is 0 Å². The fourth-order valence-corrected chi connectivity index (χ4v) is 1.62. The summed E-state index contributed by atoms with van der Waals surface area (Å²) in [7, 11) is 0. The van der Waals surface area contributed by atoms with Crippen molar-refractivity contribution in [1.82, 2.24) is 9.88 Å². The summed E-state index contributed by atoms with van der Waals surface area (Å²) in [6.45, 7) is 2.43. The van der Waals surface area contributed by atoms with Gasteiger partial charge in [0.25, 0.3) is 11.5 Å². The molecule has 0 saturated carbocycles. The first-order valence-electron chi connectivity index (χ1n) is 6.85. The van der Waals surface area contributed by atoms with Crippen molar-refractivity contribution in [2.45, 2.75) is 32.7 Å². The van der Waals surface area contributed by atoms with Crippen molar-refractivity contribution < 1.29 is 19.4 Å². The van der Waals surface area contributed by atoms with Crippen molar-refractivity contribution in [3.8, 4) is 5.75 Å². The number of carboxylic acids is 1. The van der Waals surface area contributed by atoms with Gasteiger partial charge in [0.1, 0.15) is 0 Å². The summed E-state index contributed by atoms with van der Waals surface area (Å²) in [5, 5.41) is 11.3. The van der Waals surface area contributed by atoms with Crippen molar-refractivity contribution >= 4 is 11.9 Å². The molecule has 2 N–H and O–H groups in total. The van der Waals surface area contributed by atoms with Crippen LogP contribution in [0.3, 0.4) is 0 Å². The Hall–Kier alpha value is -2.31. The zero-order valence-corrected chi connectivity index (χ0v) is 12.0. The van der Waals surface area contributed by atoms with Crippen molar-refractivity contribution in [1.29, 1.82) is 0 Å². The smallest absolute Gasteiger partial charge is 0.305 e. The lowest BCUT2D eigenvalue weighted by atomic mass is 10.3. The van der Waals surface area contributed by atoms with E-state index in [4.69, 9.17) is 9.84 Å². The average Bonchev–Trinajstić information content (AvgIpc) is 2.45. The quantitative estimate of drug-likeness (QED) is 0.651. The molecule has 0 spiro atoms. The number of hydrogen-bond acceptors (Lipinski definition) is 4. The summed E-state index contributed by atoms with van der Waals surface area (Å²) in [6.07, 6.45) is 3.20. The van der Waals surface area contributed by atoms with Crippen LogP contribution in [0.5, 0.6) is 5.75 Å². The molecule has 0 saturated heterocycles. The highest BCUT2D eigenvalue weighted by Crippen LogP contribution is 2.02. The predicted octanol–water partition coefficient (Wildman–Crippen LogP) is 0.618. The molecule has 7 nitrogen and oxygen atoms in total. The molecule has 1 aromatic heterocycles. The predicted molar refractivity (Wildman–Crippen MR) is 76.4 cm³/mol. The number of carboxylic acid groups (broad SMARTS) is 1. The van der Waals surface area contributed by atoms with Gasteiger partial charge in [-0.2, -0.15) is 0 Å². The second kappa shape index (κ2) is 8.78. The first-order chi connectivity index (χ1) is 10.0.